The van der Waals surface area contributed by atoms with Crippen molar-refractivity contribution in [2.45, 2.75) is 13.8 Å². The molecular weight excluding hydrogens is 427 g/mol. The molecule has 0 aliphatic heterocycles. The number of halogens is 1. The van der Waals surface area contributed by atoms with Crippen molar-refractivity contribution in [1.29, 1.82) is 0 Å². The lowest BCUT2D eigenvalue weighted by atomic mass is 10.1. The van der Waals surface area contributed by atoms with Crippen LogP contribution in [-0.4, -0.2) is 47.2 Å². The van der Waals surface area contributed by atoms with Crippen LogP contribution in [-0.2, 0) is 9.47 Å². The number of esters is 1. The SMILES string of the molecule is COCCOC(=O)c1c(C)[nH]c(C(=O)Nc2ccc3nc(-c4cccc(F)c4)[nH]c3c2)c1C. The number of hydrogen-bond acceptors (Lipinski definition) is 5. The van der Waals surface area contributed by atoms with E-state index in [1.54, 1.807) is 44.2 Å². The number of anilines is 1. The molecule has 0 unspecified atom stereocenters. The van der Waals surface area contributed by atoms with Gasteiger partial charge in [0.1, 0.15) is 23.9 Å². The fraction of sp³-hybridized carbons (Fsp3) is 0.208. The molecule has 2 aromatic carbocycles. The second-order valence-corrected chi connectivity index (χ2v) is 7.54. The molecule has 1 amide bonds. The van der Waals surface area contributed by atoms with E-state index < -0.39 is 11.9 Å². The third-order valence-electron chi connectivity index (χ3n) is 5.23. The maximum Gasteiger partial charge on any atom is 0.340 e. The summed E-state index contributed by atoms with van der Waals surface area (Å²) in [5.41, 5.74) is 4.19. The number of benzene rings is 2. The van der Waals surface area contributed by atoms with Gasteiger partial charge in [-0.15, -0.1) is 0 Å². The maximum atomic E-state index is 13.5. The lowest BCUT2D eigenvalue weighted by Crippen LogP contribution is -2.14. The van der Waals surface area contributed by atoms with E-state index in [0.717, 1.165) is 0 Å². The van der Waals surface area contributed by atoms with Crippen molar-refractivity contribution in [3.63, 3.8) is 0 Å². The molecule has 170 valence electrons. The van der Waals surface area contributed by atoms with Gasteiger partial charge in [-0.2, -0.15) is 0 Å². The number of aryl methyl sites for hydroxylation is 1. The number of rotatable bonds is 7. The van der Waals surface area contributed by atoms with Crippen LogP contribution in [0.15, 0.2) is 42.5 Å². The Hall–Kier alpha value is -3.98. The molecule has 0 spiro atoms. The second kappa shape index (κ2) is 9.25. The molecule has 8 nitrogen and oxygen atoms in total. The molecule has 0 saturated heterocycles. The van der Waals surface area contributed by atoms with E-state index in [0.29, 0.717) is 51.5 Å². The second-order valence-electron chi connectivity index (χ2n) is 7.54. The molecule has 33 heavy (non-hydrogen) atoms. The Bertz CT molecular complexity index is 1340. The number of imidazole rings is 1. The van der Waals surface area contributed by atoms with Gasteiger partial charge in [-0.3, -0.25) is 4.79 Å². The smallest absolute Gasteiger partial charge is 0.340 e. The maximum absolute atomic E-state index is 13.5. The van der Waals surface area contributed by atoms with Gasteiger partial charge >= 0.3 is 5.97 Å². The van der Waals surface area contributed by atoms with Gasteiger partial charge in [0.25, 0.3) is 5.91 Å². The normalized spacial score (nSPS) is 11.0. The number of amides is 1. The molecular formula is C24H23FN4O4. The number of aromatic amines is 2. The fourth-order valence-corrected chi connectivity index (χ4v) is 3.63. The Morgan fingerprint density at radius 3 is 2.67 bits per heavy atom. The van der Waals surface area contributed by atoms with E-state index in [-0.39, 0.29) is 18.1 Å². The van der Waals surface area contributed by atoms with E-state index in [2.05, 4.69) is 20.3 Å². The van der Waals surface area contributed by atoms with Crippen LogP contribution in [0.5, 0.6) is 0 Å². The van der Waals surface area contributed by atoms with Crippen LogP contribution in [0.2, 0.25) is 0 Å². The van der Waals surface area contributed by atoms with Crippen LogP contribution in [0.1, 0.15) is 32.1 Å². The molecule has 0 radical (unpaired) electrons. The number of fused-ring (bicyclic) bond motifs is 1. The summed E-state index contributed by atoms with van der Waals surface area (Å²) < 4.78 is 23.6. The minimum Gasteiger partial charge on any atom is -0.460 e. The Morgan fingerprint density at radius 2 is 1.91 bits per heavy atom. The Morgan fingerprint density at radius 1 is 1.09 bits per heavy atom. The van der Waals surface area contributed by atoms with Gasteiger partial charge in [-0.1, -0.05) is 12.1 Å². The molecule has 0 aliphatic rings. The Balaban J connectivity index is 1.54. The molecule has 0 fully saturated rings. The molecule has 4 rings (SSSR count). The van der Waals surface area contributed by atoms with Crippen LogP contribution in [0, 0.1) is 19.7 Å². The monoisotopic (exact) mass is 450 g/mol. The van der Waals surface area contributed by atoms with Crippen molar-refractivity contribution in [3.8, 4) is 11.4 Å². The molecule has 3 N–H and O–H groups in total. The van der Waals surface area contributed by atoms with Crippen molar-refractivity contribution in [2.24, 2.45) is 0 Å². The number of aromatic nitrogens is 3. The van der Waals surface area contributed by atoms with Gasteiger partial charge in [0.15, 0.2) is 0 Å². The Labute approximate surface area is 189 Å². The number of carbonyl (C=O) groups excluding carboxylic acids is 2. The van der Waals surface area contributed by atoms with Crippen molar-refractivity contribution in [3.05, 3.63) is 70.8 Å². The highest BCUT2D eigenvalue weighted by Crippen LogP contribution is 2.25. The van der Waals surface area contributed by atoms with E-state index >= 15 is 0 Å². The van der Waals surface area contributed by atoms with Crippen LogP contribution >= 0.6 is 0 Å². The quantitative estimate of drug-likeness (QED) is 0.286. The van der Waals surface area contributed by atoms with E-state index in [9.17, 15) is 14.0 Å². The third-order valence-corrected chi connectivity index (χ3v) is 5.23. The van der Waals surface area contributed by atoms with Gasteiger partial charge in [0.05, 0.1) is 23.2 Å². The lowest BCUT2D eigenvalue weighted by molar-refractivity contribution is 0.0386. The lowest BCUT2D eigenvalue weighted by Gasteiger charge is -2.06. The fourth-order valence-electron chi connectivity index (χ4n) is 3.63. The van der Waals surface area contributed by atoms with Gasteiger partial charge in [0.2, 0.25) is 0 Å². The molecule has 0 saturated carbocycles. The molecule has 0 bridgehead atoms. The number of nitrogens with zero attached hydrogens (tertiary/aromatic N) is 1. The van der Waals surface area contributed by atoms with E-state index in [1.165, 1.54) is 19.2 Å². The summed E-state index contributed by atoms with van der Waals surface area (Å²) in [6.07, 6.45) is 0. The average molecular weight is 450 g/mol. The van der Waals surface area contributed by atoms with Crippen molar-refractivity contribution in [1.82, 2.24) is 15.0 Å². The minimum atomic E-state index is -0.513. The summed E-state index contributed by atoms with van der Waals surface area (Å²) in [5.74, 6) is -0.725. The van der Waals surface area contributed by atoms with Crippen molar-refractivity contribution >= 4 is 28.6 Å². The zero-order chi connectivity index (χ0) is 23.5. The topological polar surface area (TPSA) is 109 Å². The number of nitrogens with one attached hydrogen (secondary N) is 3. The first-order chi connectivity index (χ1) is 15.9. The van der Waals surface area contributed by atoms with Crippen LogP contribution < -0.4 is 5.32 Å². The Kier molecular flexibility index (Phi) is 6.23. The first-order valence-corrected chi connectivity index (χ1v) is 10.3. The summed E-state index contributed by atoms with van der Waals surface area (Å²) in [4.78, 5) is 35.9. The molecule has 4 aromatic rings. The standard InChI is InChI=1S/C24H23FN4O4/c1-13-20(24(31)33-10-9-32-3)14(2)26-21(13)23(30)27-17-7-8-18-19(12-17)29-22(28-18)15-5-4-6-16(25)11-15/h4-8,11-12,26H,9-10H2,1-3H3,(H,27,30)(H,28,29). The molecule has 2 heterocycles. The number of ether oxygens (including phenoxy) is 2. The predicted octanol–water partition coefficient (Wildman–Crippen LogP) is 4.37. The molecule has 9 heteroatoms. The summed E-state index contributed by atoms with van der Waals surface area (Å²) in [6, 6.07) is 11.4. The van der Waals surface area contributed by atoms with Crippen LogP contribution in [0.25, 0.3) is 22.4 Å². The number of hydrogen-bond donors (Lipinski definition) is 3. The summed E-state index contributed by atoms with van der Waals surface area (Å²) in [5, 5.41) is 2.83. The van der Waals surface area contributed by atoms with Gasteiger partial charge in [0, 0.05) is 24.1 Å². The van der Waals surface area contributed by atoms with E-state index in [1.807, 2.05) is 0 Å². The van der Waals surface area contributed by atoms with Gasteiger partial charge in [-0.25, -0.2) is 14.2 Å². The average Bonchev–Trinajstić information content (AvgIpc) is 3.34. The third kappa shape index (κ3) is 4.63. The van der Waals surface area contributed by atoms with Gasteiger partial charge < -0.3 is 24.8 Å². The van der Waals surface area contributed by atoms with Crippen molar-refractivity contribution < 1.29 is 23.5 Å². The molecule has 0 aliphatic carbocycles. The molecule has 2 aromatic heterocycles. The summed E-state index contributed by atoms with van der Waals surface area (Å²) in [6.45, 7) is 3.82. The van der Waals surface area contributed by atoms with E-state index in [4.69, 9.17) is 9.47 Å². The number of H-pyrrole nitrogens is 2. The van der Waals surface area contributed by atoms with Crippen LogP contribution in [0.3, 0.4) is 0 Å². The highest BCUT2D eigenvalue weighted by Gasteiger charge is 2.23. The number of methoxy groups -OCH3 is 1. The number of carbonyl (C=O) groups is 2. The molecule has 0 atom stereocenters. The summed E-state index contributed by atoms with van der Waals surface area (Å²) >= 11 is 0. The largest absolute Gasteiger partial charge is 0.460 e. The predicted molar refractivity (Wildman–Crippen MR) is 122 cm³/mol. The van der Waals surface area contributed by atoms with Crippen LogP contribution in [0.4, 0.5) is 10.1 Å². The zero-order valence-corrected chi connectivity index (χ0v) is 18.4. The van der Waals surface area contributed by atoms with Gasteiger partial charge in [-0.05, 0) is 49.7 Å². The van der Waals surface area contributed by atoms with Crippen molar-refractivity contribution in [2.75, 3.05) is 25.6 Å². The first kappa shape index (κ1) is 22.2. The summed E-state index contributed by atoms with van der Waals surface area (Å²) in [7, 11) is 1.52. The highest BCUT2D eigenvalue weighted by molar-refractivity contribution is 6.07. The minimum absolute atomic E-state index is 0.128. The highest BCUT2D eigenvalue weighted by atomic mass is 19.1. The zero-order valence-electron chi connectivity index (χ0n) is 18.4. The first-order valence-electron chi connectivity index (χ1n) is 10.3.